The average molecular weight is 396 g/mol. The first kappa shape index (κ1) is 18.3. The number of hydrogen-bond acceptors (Lipinski definition) is 4. The van der Waals surface area contributed by atoms with Gasteiger partial charge in [0.2, 0.25) is 0 Å². The van der Waals surface area contributed by atoms with E-state index in [1.165, 1.54) is 24.2 Å². The Labute approximate surface area is 169 Å². The smallest absolute Gasteiger partial charge is 0.161 e. The molecule has 0 amide bonds. The number of anilines is 1. The molecule has 0 unspecified atom stereocenters. The van der Waals surface area contributed by atoms with Crippen LogP contribution in [0.3, 0.4) is 0 Å². The molecule has 2 aromatic carbocycles. The highest BCUT2D eigenvalue weighted by Gasteiger charge is 2.15. The molecule has 0 radical (unpaired) electrons. The molecule has 1 aromatic heterocycles. The Hall–Kier alpha value is -2.04. The maximum absolute atomic E-state index is 5.99. The average Bonchev–Trinajstić information content (AvgIpc) is 2.74. The molecular weight excluding hydrogens is 374 g/mol. The third kappa shape index (κ3) is 4.82. The van der Waals surface area contributed by atoms with Crippen LogP contribution in [-0.2, 0) is 5.75 Å². The van der Waals surface area contributed by atoms with Crippen molar-refractivity contribution in [3.05, 3.63) is 71.4 Å². The Kier molecular flexibility index (Phi) is 5.95. The largest absolute Gasteiger partial charge is 0.356 e. The Morgan fingerprint density at radius 1 is 0.889 bits per heavy atom. The van der Waals surface area contributed by atoms with Crippen molar-refractivity contribution in [3.63, 3.8) is 0 Å². The fourth-order valence-corrected chi connectivity index (χ4v) is 4.16. The molecule has 1 saturated heterocycles. The van der Waals surface area contributed by atoms with Crippen LogP contribution in [-0.4, -0.2) is 23.1 Å². The number of halogens is 1. The van der Waals surface area contributed by atoms with Gasteiger partial charge in [-0.15, -0.1) is 11.8 Å². The molecule has 4 rings (SSSR count). The molecule has 5 heteroatoms. The van der Waals surface area contributed by atoms with Gasteiger partial charge >= 0.3 is 0 Å². The van der Waals surface area contributed by atoms with Crippen LogP contribution in [0, 0.1) is 0 Å². The first-order valence-electron chi connectivity index (χ1n) is 9.35. The summed E-state index contributed by atoms with van der Waals surface area (Å²) < 4.78 is 0. The van der Waals surface area contributed by atoms with Crippen LogP contribution in [0.2, 0.25) is 5.02 Å². The number of benzene rings is 2. The molecule has 1 aliphatic rings. The number of nitrogens with zero attached hydrogens (tertiary/aromatic N) is 3. The quantitative estimate of drug-likeness (QED) is 0.489. The van der Waals surface area contributed by atoms with Crippen LogP contribution in [0.15, 0.2) is 65.6 Å². The number of piperidine rings is 1. The molecule has 3 aromatic rings. The fourth-order valence-electron chi connectivity index (χ4n) is 3.25. The Morgan fingerprint density at radius 3 is 2.37 bits per heavy atom. The highest BCUT2D eigenvalue weighted by Crippen LogP contribution is 2.27. The maximum atomic E-state index is 5.99. The summed E-state index contributed by atoms with van der Waals surface area (Å²) in [4.78, 5) is 13.3. The molecule has 1 fully saturated rings. The molecule has 0 saturated carbocycles. The predicted molar refractivity (Wildman–Crippen MR) is 115 cm³/mol. The van der Waals surface area contributed by atoms with Crippen molar-refractivity contribution >= 4 is 29.2 Å². The van der Waals surface area contributed by atoms with E-state index in [-0.39, 0.29) is 0 Å². The minimum Gasteiger partial charge on any atom is -0.356 e. The summed E-state index contributed by atoms with van der Waals surface area (Å²) in [7, 11) is 0. The van der Waals surface area contributed by atoms with Gasteiger partial charge in [-0.1, -0.05) is 41.9 Å². The molecule has 3 nitrogen and oxygen atoms in total. The normalized spacial score (nSPS) is 14.3. The lowest BCUT2D eigenvalue weighted by molar-refractivity contribution is 0.573. The number of rotatable bonds is 5. The molecule has 0 N–H and O–H groups in total. The Morgan fingerprint density at radius 2 is 1.63 bits per heavy atom. The van der Waals surface area contributed by atoms with Crippen LogP contribution >= 0.6 is 23.4 Å². The minimum atomic E-state index is 0.764. The molecule has 0 bridgehead atoms. The van der Waals surface area contributed by atoms with Gasteiger partial charge in [-0.3, -0.25) is 0 Å². The molecule has 27 heavy (non-hydrogen) atoms. The van der Waals surface area contributed by atoms with Crippen molar-refractivity contribution in [3.8, 4) is 11.4 Å². The van der Waals surface area contributed by atoms with Crippen molar-refractivity contribution in [2.45, 2.75) is 29.9 Å². The highest BCUT2D eigenvalue weighted by atomic mass is 35.5. The van der Waals surface area contributed by atoms with Gasteiger partial charge < -0.3 is 4.90 Å². The SMILES string of the molecule is Clc1ccc(SCc2cc(N3CCCCC3)nc(-c3ccccc3)n2)cc1. The van der Waals surface area contributed by atoms with E-state index in [1.54, 1.807) is 11.8 Å². The monoisotopic (exact) mass is 395 g/mol. The topological polar surface area (TPSA) is 29.0 Å². The molecular formula is C22H22ClN3S. The first-order valence-corrected chi connectivity index (χ1v) is 10.7. The molecule has 0 spiro atoms. The third-order valence-electron chi connectivity index (χ3n) is 4.68. The molecule has 1 aliphatic heterocycles. The summed E-state index contributed by atoms with van der Waals surface area (Å²) in [6.07, 6.45) is 3.78. The maximum Gasteiger partial charge on any atom is 0.161 e. The van der Waals surface area contributed by atoms with Gasteiger partial charge in [0, 0.05) is 40.4 Å². The number of thioether (sulfide) groups is 1. The zero-order valence-corrected chi connectivity index (χ0v) is 16.7. The molecule has 138 valence electrons. The summed E-state index contributed by atoms with van der Waals surface area (Å²) in [5, 5.41) is 0.764. The van der Waals surface area contributed by atoms with Crippen molar-refractivity contribution in [1.82, 2.24) is 9.97 Å². The van der Waals surface area contributed by atoms with E-state index in [9.17, 15) is 0 Å². The summed E-state index contributed by atoms with van der Waals surface area (Å²) >= 11 is 7.76. The third-order valence-corrected chi connectivity index (χ3v) is 5.98. The second kappa shape index (κ2) is 8.77. The minimum absolute atomic E-state index is 0.764. The second-order valence-electron chi connectivity index (χ2n) is 6.70. The molecule has 2 heterocycles. The van der Waals surface area contributed by atoms with Gasteiger partial charge in [-0.2, -0.15) is 0 Å². The number of hydrogen-bond donors (Lipinski definition) is 0. The van der Waals surface area contributed by atoms with Crippen LogP contribution < -0.4 is 4.90 Å². The molecule has 0 aliphatic carbocycles. The zero-order chi connectivity index (χ0) is 18.5. The zero-order valence-electron chi connectivity index (χ0n) is 15.1. The van der Waals surface area contributed by atoms with Gasteiger partial charge in [0.15, 0.2) is 5.82 Å². The lowest BCUT2D eigenvalue weighted by Gasteiger charge is -2.28. The summed E-state index contributed by atoms with van der Waals surface area (Å²) in [6, 6.07) is 20.4. The standard InChI is InChI=1S/C22H22ClN3S/c23-18-9-11-20(12-10-18)27-16-19-15-21(26-13-5-2-6-14-26)25-22(24-19)17-7-3-1-4-8-17/h1,3-4,7-12,15H,2,5-6,13-14,16H2. The van der Waals surface area contributed by atoms with Crippen LogP contribution in [0.5, 0.6) is 0 Å². The van der Waals surface area contributed by atoms with Crippen molar-refractivity contribution in [1.29, 1.82) is 0 Å². The summed E-state index contributed by atoms with van der Waals surface area (Å²) in [5.74, 6) is 2.67. The highest BCUT2D eigenvalue weighted by molar-refractivity contribution is 7.98. The van der Waals surface area contributed by atoms with Crippen LogP contribution in [0.25, 0.3) is 11.4 Å². The Balaban J connectivity index is 1.61. The van der Waals surface area contributed by atoms with Crippen LogP contribution in [0.4, 0.5) is 5.82 Å². The van der Waals surface area contributed by atoms with Crippen molar-refractivity contribution < 1.29 is 0 Å². The summed E-state index contributed by atoms with van der Waals surface area (Å²) in [6.45, 7) is 2.16. The van der Waals surface area contributed by atoms with E-state index < -0.39 is 0 Å². The van der Waals surface area contributed by atoms with Gasteiger partial charge in [0.25, 0.3) is 0 Å². The van der Waals surface area contributed by atoms with Crippen molar-refractivity contribution in [2.24, 2.45) is 0 Å². The van der Waals surface area contributed by atoms with Gasteiger partial charge in [-0.05, 0) is 43.5 Å². The summed E-state index contributed by atoms with van der Waals surface area (Å²) in [5.41, 5.74) is 2.12. The van der Waals surface area contributed by atoms with Crippen LogP contribution in [0.1, 0.15) is 25.0 Å². The van der Waals surface area contributed by atoms with E-state index >= 15 is 0 Å². The van der Waals surface area contributed by atoms with Gasteiger partial charge in [-0.25, -0.2) is 9.97 Å². The van der Waals surface area contributed by atoms with E-state index in [1.807, 2.05) is 30.3 Å². The first-order chi connectivity index (χ1) is 13.3. The van der Waals surface area contributed by atoms with E-state index in [0.717, 1.165) is 46.8 Å². The lowest BCUT2D eigenvalue weighted by atomic mass is 10.1. The van der Waals surface area contributed by atoms with E-state index in [0.29, 0.717) is 0 Å². The number of aromatic nitrogens is 2. The fraction of sp³-hybridized carbons (Fsp3) is 0.273. The second-order valence-corrected chi connectivity index (χ2v) is 8.18. The van der Waals surface area contributed by atoms with E-state index in [2.05, 4.69) is 35.2 Å². The lowest BCUT2D eigenvalue weighted by Crippen LogP contribution is -2.30. The van der Waals surface area contributed by atoms with Crippen molar-refractivity contribution in [2.75, 3.05) is 18.0 Å². The van der Waals surface area contributed by atoms with E-state index in [4.69, 9.17) is 21.6 Å². The molecule has 0 atom stereocenters. The predicted octanol–water partition coefficient (Wildman–Crippen LogP) is 6.08. The van der Waals surface area contributed by atoms with Gasteiger partial charge in [0.1, 0.15) is 5.82 Å². The van der Waals surface area contributed by atoms with Gasteiger partial charge in [0.05, 0.1) is 5.69 Å². The Bertz CT molecular complexity index is 878.